The van der Waals surface area contributed by atoms with Crippen LogP contribution in [0, 0.1) is 0 Å². The highest BCUT2D eigenvalue weighted by Crippen LogP contribution is 2.21. The number of anilines is 1. The molecule has 0 bridgehead atoms. The van der Waals surface area contributed by atoms with Crippen molar-refractivity contribution in [3.63, 3.8) is 0 Å². The van der Waals surface area contributed by atoms with Crippen molar-refractivity contribution in [2.45, 2.75) is 19.9 Å². The van der Waals surface area contributed by atoms with Crippen molar-refractivity contribution in [2.75, 3.05) is 25.6 Å². The second-order valence-corrected chi connectivity index (χ2v) is 3.29. The lowest BCUT2D eigenvalue weighted by molar-refractivity contribution is 0.190. The summed E-state index contributed by atoms with van der Waals surface area (Å²) in [6, 6.07) is 4.06. The lowest BCUT2D eigenvalue weighted by Gasteiger charge is -2.16. The highest BCUT2D eigenvalue weighted by molar-refractivity contribution is 5.52. The van der Waals surface area contributed by atoms with Crippen LogP contribution in [-0.4, -0.2) is 31.3 Å². The van der Waals surface area contributed by atoms with E-state index in [-0.39, 0.29) is 6.04 Å². The topological polar surface area (TPSA) is 43.4 Å². The first-order chi connectivity index (χ1) is 7.27. The van der Waals surface area contributed by atoms with Crippen LogP contribution in [0.4, 0.5) is 5.69 Å². The predicted octanol–water partition coefficient (Wildman–Crippen LogP) is 1.93. The number of hydrogen-bond donors (Lipinski definition) is 1. The van der Waals surface area contributed by atoms with Gasteiger partial charge in [-0.2, -0.15) is 0 Å². The van der Waals surface area contributed by atoms with E-state index in [0.717, 1.165) is 5.69 Å². The summed E-state index contributed by atoms with van der Waals surface area (Å²) in [5.74, 6) is 0.642. The van der Waals surface area contributed by atoms with Crippen LogP contribution in [0.5, 0.6) is 5.88 Å². The Labute approximate surface area is 90.6 Å². The van der Waals surface area contributed by atoms with E-state index in [1.54, 1.807) is 13.3 Å². The molecule has 0 aromatic carbocycles. The van der Waals surface area contributed by atoms with Crippen molar-refractivity contribution < 1.29 is 9.47 Å². The van der Waals surface area contributed by atoms with Gasteiger partial charge in [0.05, 0.1) is 18.9 Å². The molecule has 0 aliphatic heterocycles. The van der Waals surface area contributed by atoms with E-state index in [0.29, 0.717) is 19.1 Å². The molecule has 1 atom stereocenters. The third-order valence-corrected chi connectivity index (χ3v) is 1.87. The molecule has 0 saturated heterocycles. The average Bonchev–Trinajstić information content (AvgIpc) is 2.21. The number of nitrogens with one attached hydrogen (secondary N) is 1. The van der Waals surface area contributed by atoms with Crippen molar-refractivity contribution in [1.82, 2.24) is 4.98 Å². The molecule has 0 radical (unpaired) electrons. The molecule has 1 unspecified atom stereocenters. The Balaban J connectivity index is 2.66. The molecule has 1 heterocycles. The molecule has 0 saturated carbocycles. The molecule has 0 spiro atoms. The minimum absolute atomic E-state index is 0.235. The summed E-state index contributed by atoms with van der Waals surface area (Å²) < 4.78 is 10.5. The van der Waals surface area contributed by atoms with E-state index in [4.69, 9.17) is 9.47 Å². The number of nitrogens with zero attached hydrogens (tertiary/aromatic N) is 1. The second kappa shape index (κ2) is 6.24. The second-order valence-electron chi connectivity index (χ2n) is 3.29. The van der Waals surface area contributed by atoms with Gasteiger partial charge in [-0.15, -0.1) is 0 Å². The smallest absolute Gasteiger partial charge is 0.237 e. The molecule has 15 heavy (non-hydrogen) atoms. The Kier molecular flexibility index (Phi) is 4.90. The first kappa shape index (κ1) is 11.8. The highest BCUT2D eigenvalue weighted by Gasteiger charge is 2.07. The summed E-state index contributed by atoms with van der Waals surface area (Å²) in [6.07, 6.45) is 1.72. The van der Waals surface area contributed by atoms with E-state index in [1.807, 2.05) is 26.0 Å². The Morgan fingerprint density at radius 1 is 1.53 bits per heavy atom. The molecule has 1 N–H and O–H groups in total. The average molecular weight is 210 g/mol. The number of methoxy groups -OCH3 is 1. The van der Waals surface area contributed by atoms with Crippen LogP contribution >= 0.6 is 0 Å². The van der Waals surface area contributed by atoms with Gasteiger partial charge >= 0.3 is 0 Å². The van der Waals surface area contributed by atoms with Gasteiger partial charge in [-0.1, -0.05) is 0 Å². The summed E-state index contributed by atoms with van der Waals surface area (Å²) in [7, 11) is 1.69. The zero-order chi connectivity index (χ0) is 11.1. The molecule has 84 valence electrons. The van der Waals surface area contributed by atoms with Crippen LogP contribution in [-0.2, 0) is 4.74 Å². The van der Waals surface area contributed by atoms with Crippen molar-refractivity contribution in [3.05, 3.63) is 18.3 Å². The van der Waals surface area contributed by atoms with Gasteiger partial charge in [0.25, 0.3) is 0 Å². The molecule has 0 aliphatic rings. The highest BCUT2D eigenvalue weighted by atomic mass is 16.5. The Morgan fingerprint density at radius 2 is 2.33 bits per heavy atom. The van der Waals surface area contributed by atoms with E-state index >= 15 is 0 Å². The molecule has 4 heteroatoms. The molecule has 4 nitrogen and oxygen atoms in total. The predicted molar refractivity (Wildman–Crippen MR) is 60.4 cm³/mol. The van der Waals surface area contributed by atoms with E-state index in [9.17, 15) is 0 Å². The minimum Gasteiger partial charge on any atom is -0.476 e. The van der Waals surface area contributed by atoms with E-state index in [1.165, 1.54) is 0 Å². The third kappa shape index (κ3) is 3.75. The summed E-state index contributed by atoms with van der Waals surface area (Å²) in [4.78, 5) is 4.16. The first-order valence-corrected chi connectivity index (χ1v) is 5.11. The maximum absolute atomic E-state index is 5.40. The van der Waals surface area contributed by atoms with Crippen molar-refractivity contribution in [2.24, 2.45) is 0 Å². The monoisotopic (exact) mass is 210 g/mol. The number of pyridine rings is 1. The third-order valence-electron chi connectivity index (χ3n) is 1.87. The number of ether oxygens (including phenoxy) is 2. The zero-order valence-electron chi connectivity index (χ0n) is 9.49. The first-order valence-electron chi connectivity index (χ1n) is 5.11. The van der Waals surface area contributed by atoms with Crippen LogP contribution < -0.4 is 10.1 Å². The molecule has 1 rings (SSSR count). The van der Waals surface area contributed by atoms with Gasteiger partial charge in [0, 0.05) is 19.3 Å². The van der Waals surface area contributed by atoms with Gasteiger partial charge < -0.3 is 14.8 Å². The van der Waals surface area contributed by atoms with Gasteiger partial charge in [-0.05, 0) is 26.0 Å². The molecule has 1 aromatic heterocycles. The fourth-order valence-corrected chi connectivity index (χ4v) is 1.31. The van der Waals surface area contributed by atoms with Crippen LogP contribution in [0.1, 0.15) is 13.8 Å². The standard InChI is InChI=1S/C11H18N2O2/c1-4-15-11-10(6-5-7-12-11)13-9(2)8-14-3/h5-7,9,13H,4,8H2,1-3H3. The zero-order valence-corrected chi connectivity index (χ0v) is 9.49. The van der Waals surface area contributed by atoms with Gasteiger partial charge in [0.15, 0.2) is 0 Å². The molecule has 0 aliphatic carbocycles. The largest absolute Gasteiger partial charge is 0.476 e. The molecular formula is C11H18N2O2. The van der Waals surface area contributed by atoms with Gasteiger partial charge in [0.1, 0.15) is 0 Å². The van der Waals surface area contributed by atoms with E-state index < -0.39 is 0 Å². The Bertz CT molecular complexity index is 292. The van der Waals surface area contributed by atoms with Crippen LogP contribution in [0.3, 0.4) is 0 Å². The van der Waals surface area contributed by atoms with Crippen LogP contribution in [0.15, 0.2) is 18.3 Å². The van der Waals surface area contributed by atoms with Gasteiger partial charge in [0.2, 0.25) is 5.88 Å². The number of aromatic nitrogens is 1. The lowest BCUT2D eigenvalue weighted by Crippen LogP contribution is -2.21. The maximum Gasteiger partial charge on any atom is 0.237 e. The molecular weight excluding hydrogens is 192 g/mol. The van der Waals surface area contributed by atoms with Crippen LogP contribution in [0.25, 0.3) is 0 Å². The molecule has 1 aromatic rings. The number of hydrogen-bond acceptors (Lipinski definition) is 4. The van der Waals surface area contributed by atoms with Crippen LogP contribution in [0.2, 0.25) is 0 Å². The minimum atomic E-state index is 0.235. The van der Waals surface area contributed by atoms with E-state index in [2.05, 4.69) is 10.3 Å². The Hall–Kier alpha value is -1.29. The van der Waals surface area contributed by atoms with Crippen molar-refractivity contribution >= 4 is 5.69 Å². The SMILES string of the molecule is CCOc1ncccc1NC(C)COC. The quantitative estimate of drug-likeness (QED) is 0.779. The fraction of sp³-hybridized carbons (Fsp3) is 0.545. The number of rotatable bonds is 6. The lowest BCUT2D eigenvalue weighted by atomic mass is 10.3. The fourth-order valence-electron chi connectivity index (χ4n) is 1.31. The van der Waals surface area contributed by atoms with Crippen molar-refractivity contribution in [1.29, 1.82) is 0 Å². The molecule has 0 fully saturated rings. The Morgan fingerprint density at radius 3 is 3.00 bits per heavy atom. The van der Waals surface area contributed by atoms with Gasteiger partial charge in [-0.25, -0.2) is 4.98 Å². The maximum atomic E-state index is 5.40. The normalized spacial score (nSPS) is 12.2. The van der Waals surface area contributed by atoms with Crippen molar-refractivity contribution in [3.8, 4) is 5.88 Å². The summed E-state index contributed by atoms with van der Waals surface area (Å²) >= 11 is 0. The summed E-state index contributed by atoms with van der Waals surface area (Å²) in [6.45, 7) is 5.26. The summed E-state index contributed by atoms with van der Waals surface area (Å²) in [5.41, 5.74) is 0.906. The molecule has 0 amide bonds. The van der Waals surface area contributed by atoms with Gasteiger partial charge in [-0.3, -0.25) is 0 Å². The summed E-state index contributed by atoms with van der Waals surface area (Å²) in [5, 5.41) is 3.28.